The predicted octanol–water partition coefficient (Wildman–Crippen LogP) is -0.0119. The van der Waals surface area contributed by atoms with Gasteiger partial charge >= 0.3 is 37.7 Å². The largest absolute Gasteiger partial charge is 2.00 e. The molecule has 1 N–H and O–H groups in total. The van der Waals surface area contributed by atoms with Crippen molar-refractivity contribution in [3.05, 3.63) is 0 Å². The van der Waals surface area contributed by atoms with Crippen LogP contribution in [0.2, 0.25) is 0 Å². The van der Waals surface area contributed by atoms with Crippen molar-refractivity contribution in [1.82, 2.24) is 4.72 Å². The SMILES string of the molecule is O=S(=O)([O-])NC1CCCCC1.[Ca+2]. The van der Waals surface area contributed by atoms with Crippen molar-refractivity contribution in [2.45, 2.75) is 38.1 Å². The Balaban J connectivity index is 0.00000121. The Morgan fingerprint density at radius 3 is 2.08 bits per heavy atom. The van der Waals surface area contributed by atoms with Crippen LogP contribution in [0.4, 0.5) is 0 Å². The first-order valence-electron chi connectivity index (χ1n) is 3.81. The van der Waals surface area contributed by atoms with Crippen molar-refractivity contribution in [3.63, 3.8) is 0 Å². The molecular formula is C6H12CaNO3S+. The molecule has 6 heteroatoms. The molecule has 0 aliphatic heterocycles. The topological polar surface area (TPSA) is 69.2 Å². The van der Waals surface area contributed by atoms with Crippen molar-refractivity contribution in [2.75, 3.05) is 0 Å². The summed E-state index contributed by atoms with van der Waals surface area (Å²) in [7, 11) is -4.22. The van der Waals surface area contributed by atoms with Crippen molar-refractivity contribution in [2.24, 2.45) is 0 Å². The fourth-order valence-corrected chi connectivity index (χ4v) is 2.07. The van der Waals surface area contributed by atoms with Gasteiger partial charge in [0.05, 0.1) is 0 Å². The summed E-state index contributed by atoms with van der Waals surface area (Å²) in [6.07, 6.45) is 4.81. The molecule has 1 fully saturated rings. The summed E-state index contributed by atoms with van der Waals surface area (Å²) in [6, 6.07) is -0.105. The Kier molecular flexibility index (Phi) is 6.32. The van der Waals surface area contributed by atoms with Gasteiger partial charge in [-0.25, -0.2) is 13.1 Å². The minimum atomic E-state index is -4.22. The molecule has 4 nitrogen and oxygen atoms in total. The molecule has 0 heterocycles. The molecule has 0 aromatic carbocycles. The third-order valence-electron chi connectivity index (χ3n) is 1.92. The molecule has 0 aromatic heterocycles. The maximum Gasteiger partial charge on any atom is 2.00 e. The van der Waals surface area contributed by atoms with Gasteiger partial charge in [0.1, 0.15) is 0 Å². The Hall–Kier alpha value is 1.13. The van der Waals surface area contributed by atoms with Crippen molar-refractivity contribution in [3.8, 4) is 0 Å². The van der Waals surface area contributed by atoms with Crippen LogP contribution in [0.5, 0.6) is 0 Å². The van der Waals surface area contributed by atoms with Gasteiger partial charge < -0.3 is 4.55 Å². The van der Waals surface area contributed by atoms with Crippen LogP contribution in [0.1, 0.15) is 32.1 Å². The van der Waals surface area contributed by atoms with E-state index in [-0.39, 0.29) is 43.8 Å². The standard InChI is InChI=1S/C6H13NO3S.Ca/c8-11(9,10)7-6-4-2-1-3-5-6;/h6-7H,1-5H2,(H,8,9,10);/q;+2/p-1. The molecule has 1 rings (SSSR count). The third-order valence-corrected chi connectivity index (χ3v) is 2.54. The van der Waals surface area contributed by atoms with E-state index in [0.717, 1.165) is 32.1 Å². The molecule has 0 atom stereocenters. The molecule has 1 aliphatic carbocycles. The molecule has 66 valence electrons. The summed E-state index contributed by atoms with van der Waals surface area (Å²) in [5, 5.41) is 0. The van der Waals surface area contributed by atoms with Crippen molar-refractivity contribution < 1.29 is 13.0 Å². The second-order valence-corrected chi connectivity index (χ2v) is 4.05. The van der Waals surface area contributed by atoms with E-state index in [1.165, 1.54) is 0 Å². The van der Waals surface area contributed by atoms with Gasteiger partial charge in [0.25, 0.3) is 0 Å². The van der Waals surface area contributed by atoms with Gasteiger partial charge in [-0.05, 0) is 12.8 Å². The maximum atomic E-state index is 10.2. The molecule has 0 amide bonds. The van der Waals surface area contributed by atoms with Crippen LogP contribution in [-0.4, -0.2) is 56.8 Å². The fraction of sp³-hybridized carbons (Fsp3) is 1.00. The molecular weight excluding hydrogens is 206 g/mol. The van der Waals surface area contributed by atoms with E-state index >= 15 is 0 Å². The number of nitrogens with one attached hydrogen (secondary N) is 1. The van der Waals surface area contributed by atoms with E-state index in [4.69, 9.17) is 0 Å². The number of hydrogen-bond donors (Lipinski definition) is 1. The first kappa shape index (κ1) is 13.1. The third kappa shape index (κ3) is 5.72. The molecule has 0 aromatic rings. The zero-order valence-electron chi connectivity index (χ0n) is 6.95. The average Bonchev–Trinajstić information content (AvgIpc) is 1.85. The summed E-state index contributed by atoms with van der Waals surface area (Å²) in [5.74, 6) is 0. The van der Waals surface area contributed by atoms with E-state index in [9.17, 15) is 13.0 Å². The van der Waals surface area contributed by atoms with Gasteiger partial charge in [-0.3, -0.25) is 0 Å². The van der Waals surface area contributed by atoms with E-state index < -0.39 is 10.3 Å². The van der Waals surface area contributed by atoms with Crippen LogP contribution in [0, 0.1) is 0 Å². The van der Waals surface area contributed by atoms with Crippen LogP contribution in [0.3, 0.4) is 0 Å². The van der Waals surface area contributed by atoms with Gasteiger partial charge in [-0.15, -0.1) is 0 Å². The normalized spacial score (nSPS) is 20.1. The van der Waals surface area contributed by atoms with Crippen LogP contribution in [-0.2, 0) is 10.3 Å². The Labute approximate surface area is 103 Å². The second kappa shape index (κ2) is 5.78. The zero-order valence-corrected chi connectivity index (χ0v) is 9.98. The maximum absolute atomic E-state index is 10.2. The van der Waals surface area contributed by atoms with E-state index in [1.54, 1.807) is 0 Å². The summed E-state index contributed by atoms with van der Waals surface area (Å²) in [6.45, 7) is 0. The van der Waals surface area contributed by atoms with Crippen LogP contribution in [0.15, 0.2) is 0 Å². The second-order valence-electron chi connectivity index (χ2n) is 2.91. The van der Waals surface area contributed by atoms with Crippen molar-refractivity contribution >= 4 is 48.0 Å². The van der Waals surface area contributed by atoms with Crippen LogP contribution in [0.25, 0.3) is 0 Å². The first-order valence-corrected chi connectivity index (χ1v) is 5.22. The monoisotopic (exact) mass is 218 g/mol. The summed E-state index contributed by atoms with van der Waals surface area (Å²) < 4.78 is 32.8. The fourth-order valence-electron chi connectivity index (χ4n) is 1.42. The molecule has 1 saturated carbocycles. The van der Waals surface area contributed by atoms with Crippen molar-refractivity contribution in [1.29, 1.82) is 0 Å². The van der Waals surface area contributed by atoms with Crippen LogP contribution >= 0.6 is 0 Å². The minimum absolute atomic E-state index is 0. The molecule has 0 saturated heterocycles. The number of hydrogen-bond acceptors (Lipinski definition) is 3. The molecule has 12 heavy (non-hydrogen) atoms. The van der Waals surface area contributed by atoms with E-state index in [1.807, 2.05) is 0 Å². The smallest absolute Gasteiger partial charge is 0.735 e. The molecule has 0 bridgehead atoms. The number of rotatable bonds is 2. The van der Waals surface area contributed by atoms with Crippen LogP contribution < -0.4 is 4.72 Å². The predicted molar refractivity (Wildman–Crippen MR) is 45.5 cm³/mol. The van der Waals surface area contributed by atoms with Gasteiger partial charge in [0.2, 0.25) is 0 Å². The summed E-state index contributed by atoms with van der Waals surface area (Å²) in [5.41, 5.74) is 0. The minimum Gasteiger partial charge on any atom is -0.735 e. The van der Waals surface area contributed by atoms with E-state index in [2.05, 4.69) is 4.72 Å². The zero-order chi connectivity index (χ0) is 8.32. The van der Waals surface area contributed by atoms with E-state index in [0.29, 0.717) is 0 Å². The first-order chi connectivity index (χ1) is 5.08. The molecule has 1 aliphatic rings. The average molecular weight is 218 g/mol. The molecule has 0 unspecified atom stereocenters. The summed E-state index contributed by atoms with van der Waals surface area (Å²) >= 11 is 0. The quantitative estimate of drug-likeness (QED) is 0.523. The Morgan fingerprint density at radius 2 is 1.67 bits per heavy atom. The Bertz CT molecular complexity index is 211. The van der Waals surface area contributed by atoms with Gasteiger partial charge in [-0.2, -0.15) is 0 Å². The molecule has 0 radical (unpaired) electrons. The van der Waals surface area contributed by atoms with Gasteiger partial charge in [-0.1, -0.05) is 19.3 Å². The molecule has 0 spiro atoms. The van der Waals surface area contributed by atoms with Gasteiger partial charge in [0, 0.05) is 6.04 Å². The summed E-state index contributed by atoms with van der Waals surface area (Å²) in [4.78, 5) is 0. The van der Waals surface area contributed by atoms with Gasteiger partial charge in [0.15, 0.2) is 10.3 Å². The Morgan fingerprint density at radius 1 is 1.17 bits per heavy atom.